The van der Waals surface area contributed by atoms with E-state index in [9.17, 15) is 4.79 Å². The van der Waals surface area contributed by atoms with Gasteiger partial charge in [0.05, 0.1) is 34.4 Å². The number of amides is 1. The summed E-state index contributed by atoms with van der Waals surface area (Å²) in [5, 5.41) is 2.94. The second-order valence-electron chi connectivity index (χ2n) is 7.04. The van der Waals surface area contributed by atoms with Crippen LogP contribution >= 0.6 is 0 Å². The predicted molar refractivity (Wildman–Crippen MR) is 120 cm³/mol. The van der Waals surface area contributed by atoms with E-state index in [4.69, 9.17) is 14.2 Å². The molecule has 0 saturated heterocycles. The number of rotatable bonds is 8. The second kappa shape index (κ2) is 9.38. The topological polar surface area (TPSA) is 87.5 Å². The molecule has 0 radical (unpaired) electrons. The molecule has 0 saturated carbocycles. The normalized spacial score (nSPS) is 10.7. The van der Waals surface area contributed by atoms with E-state index >= 15 is 0 Å². The van der Waals surface area contributed by atoms with E-state index in [-0.39, 0.29) is 12.5 Å². The van der Waals surface area contributed by atoms with Crippen LogP contribution in [0.4, 0.5) is 0 Å². The third kappa shape index (κ3) is 4.20. The second-order valence-corrected chi connectivity index (χ2v) is 7.04. The summed E-state index contributed by atoms with van der Waals surface area (Å²) in [4.78, 5) is 22.1. The number of methoxy groups -OCH3 is 3. The van der Waals surface area contributed by atoms with Gasteiger partial charge < -0.3 is 24.1 Å². The van der Waals surface area contributed by atoms with Gasteiger partial charge in [-0.15, -0.1) is 0 Å². The van der Waals surface area contributed by atoms with Crippen LogP contribution in [0, 0.1) is 0 Å². The highest BCUT2D eigenvalue weighted by Crippen LogP contribution is 2.38. The molecule has 0 bridgehead atoms. The molecular weight excluding hydrogens is 408 g/mol. The van der Waals surface area contributed by atoms with Crippen molar-refractivity contribution in [2.24, 2.45) is 0 Å². The largest absolute Gasteiger partial charge is 0.493 e. The van der Waals surface area contributed by atoms with Crippen LogP contribution in [0.1, 0.15) is 21.7 Å². The van der Waals surface area contributed by atoms with E-state index in [2.05, 4.69) is 15.3 Å². The maximum Gasteiger partial charge on any atom is 0.251 e. The first kappa shape index (κ1) is 21.2. The number of nitrogens with one attached hydrogen (secondary N) is 1. The van der Waals surface area contributed by atoms with Crippen molar-refractivity contribution in [3.63, 3.8) is 0 Å². The molecule has 4 rings (SSSR count). The van der Waals surface area contributed by atoms with E-state index in [0.717, 1.165) is 16.7 Å². The van der Waals surface area contributed by atoms with Crippen LogP contribution in [0.5, 0.6) is 17.2 Å². The fraction of sp³-hybridized carbons (Fsp3) is 0.208. The smallest absolute Gasteiger partial charge is 0.251 e. The predicted octanol–water partition coefficient (Wildman–Crippen LogP) is 3.44. The lowest BCUT2D eigenvalue weighted by Gasteiger charge is -2.14. The number of hydrogen-bond donors (Lipinski definition) is 1. The molecule has 2 aromatic carbocycles. The lowest BCUT2D eigenvalue weighted by molar-refractivity contribution is 0.0948. The number of carbonyl (C=O) groups excluding carboxylic acids is 1. The standard InChI is InChI=1S/C24H24N4O4/c1-30-19-12-17(13-20(31-2)22(19)32-3)24(29)26-14-21-27-18-10-7-11-25-23(18)28(21)15-16-8-5-4-6-9-16/h4-13H,14-15H2,1-3H3,(H,26,29). The Morgan fingerprint density at radius 3 is 2.34 bits per heavy atom. The Morgan fingerprint density at radius 2 is 1.69 bits per heavy atom. The highest BCUT2D eigenvalue weighted by Gasteiger charge is 2.18. The van der Waals surface area contributed by atoms with Gasteiger partial charge in [0.1, 0.15) is 11.3 Å². The monoisotopic (exact) mass is 432 g/mol. The fourth-order valence-electron chi connectivity index (χ4n) is 3.55. The summed E-state index contributed by atoms with van der Waals surface area (Å²) in [7, 11) is 4.54. The highest BCUT2D eigenvalue weighted by atomic mass is 16.5. The molecule has 0 aliphatic heterocycles. The van der Waals surface area contributed by atoms with Gasteiger partial charge >= 0.3 is 0 Å². The van der Waals surface area contributed by atoms with Gasteiger partial charge in [0.15, 0.2) is 17.1 Å². The van der Waals surface area contributed by atoms with Crippen LogP contribution in [0.2, 0.25) is 0 Å². The van der Waals surface area contributed by atoms with E-state index in [1.807, 2.05) is 47.0 Å². The van der Waals surface area contributed by atoms with Crippen molar-refractivity contribution in [1.82, 2.24) is 19.9 Å². The number of pyridine rings is 1. The molecule has 0 fully saturated rings. The lowest BCUT2D eigenvalue weighted by Crippen LogP contribution is -2.25. The van der Waals surface area contributed by atoms with E-state index in [1.165, 1.54) is 21.3 Å². The molecule has 8 nitrogen and oxygen atoms in total. The van der Waals surface area contributed by atoms with Crippen molar-refractivity contribution in [2.75, 3.05) is 21.3 Å². The van der Waals surface area contributed by atoms with E-state index in [1.54, 1.807) is 18.3 Å². The van der Waals surface area contributed by atoms with Gasteiger partial charge in [0.25, 0.3) is 5.91 Å². The Morgan fingerprint density at radius 1 is 0.969 bits per heavy atom. The molecule has 0 unspecified atom stereocenters. The summed E-state index contributed by atoms with van der Waals surface area (Å²) in [6.45, 7) is 0.836. The molecule has 2 heterocycles. The zero-order valence-electron chi connectivity index (χ0n) is 18.2. The molecule has 4 aromatic rings. The Kier molecular flexibility index (Phi) is 6.21. The van der Waals surface area contributed by atoms with Crippen LogP contribution in [0.25, 0.3) is 11.2 Å². The lowest BCUT2D eigenvalue weighted by atomic mass is 10.1. The average molecular weight is 432 g/mol. The van der Waals surface area contributed by atoms with Gasteiger partial charge in [-0.2, -0.15) is 0 Å². The van der Waals surface area contributed by atoms with Gasteiger partial charge in [-0.25, -0.2) is 9.97 Å². The SMILES string of the molecule is COc1cc(C(=O)NCc2nc3cccnc3n2Cc2ccccc2)cc(OC)c1OC. The summed E-state index contributed by atoms with van der Waals surface area (Å²) in [6, 6.07) is 17.1. The molecule has 0 atom stereocenters. The molecule has 164 valence electrons. The Labute approximate surface area is 185 Å². The molecular formula is C24H24N4O4. The minimum atomic E-state index is -0.282. The number of ether oxygens (including phenoxy) is 3. The maximum atomic E-state index is 12.9. The third-order valence-electron chi connectivity index (χ3n) is 5.10. The fourth-order valence-corrected chi connectivity index (χ4v) is 3.55. The van der Waals surface area contributed by atoms with Crippen molar-refractivity contribution in [3.05, 3.63) is 77.7 Å². The Bertz CT molecular complexity index is 1210. The van der Waals surface area contributed by atoms with Crippen LogP contribution in [-0.2, 0) is 13.1 Å². The minimum Gasteiger partial charge on any atom is -0.493 e. The summed E-state index contributed by atoms with van der Waals surface area (Å²) in [5.74, 6) is 1.69. The van der Waals surface area contributed by atoms with Crippen LogP contribution in [-0.4, -0.2) is 41.8 Å². The molecule has 0 aliphatic rings. The molecule has 0 spiro atoms. The molecule has 8 heteroatoms. The number of fused-ring (bicyclic) bond motifs is 1. The zero-order chi connectivity index (χ0) is 22.5. The number of aromatic nitrogens is 3. The summed E-state index contributed by atoms with van der Waals surface area (Å²) < 4.78 is 18.0. The Hall–Kier alpha value is -4.07. The van der Waals surface area contributed by atoms with Gasteiger partial charge in [-0.3, -0.25) is 4.79 Å². The summed E-state index contributed by atoms with van der Waals surface area (Å²) in [5.41, 5.74) is 3.06. The van der Waals surface area contributed by atoms with E-state index < -0.39 is 0 Å². The first-order valence-corrected chi connectivity index (χ1v) is 10.1. The maximum absolute atomic E-state index is 12.9. The minimum absolute atomic E-state index is 0.235. The van der Waals surface area contributed by atoms with E-state index in [0.29, 0.717) is 35.2 Å². The number of hydrogen-bond acceptors (Lipinski definition) is 6. The van der Waals surface area contributed by atoms with Crippen LogP contribution in [0.3, 0.4) is 0 Å². The van der Waals surface area contributed by atoms with Crippen molar-refractivity contribution >= 4 is 17.1 Å². The Balaban J connectivity index is 1.61. The number of imidazole rings is 1. The average Bonchev–Trinajstić information content (AvgIpc) is 3.19. The van der Waals surface area contributed by atoms with Gasteiger partial charge in [-0.05, 0) is 29.8 Å². The third-order valence-corrected chi connectivity index (χ3v) is 5.10. The van der Waals surface area contributed by atoms with Gasteiger partial charge in [-0.1, -0.05) is 30.3 Å². The van der Waals surface area contributed by atoms with Crippen molar-refractivity contribution in [3.8, 4) is 17.2 Å². The molecule has 2 aromatic heterocycles. The van der Waals surface area contributed by atoms with Crippen LogP contribution < -0.4 is 19.5 Å². The number of benzene rings is 2. The summed E-state index contributed by atoms with van der Waals surface area (Å²) in [6.07, 6.45) is 1.74. The van der Waals surface area contributed by atoms with Crippen molar-refractivity contribution in [2.45, 2.75) is 13.1 Å². The van der Waals surface area contributed by atoms with Crippen molar-refractivity contribution < 1.29 is 19.0 Å². The molecule has 32 heavy (non-hydrogen) atoms. The first-order valence-electron chi connectivity index (χ1n) is 10.1. The van der Waals surface area contributed by atoms with Crippen molar-refractivity contribution in [1.29, 1.82) is 0 Å². The highest BCUT2D eigenvalue weighted by molar-refractivity contribution is 5.95. The quantitative estimate of drug-likeness (QED) is 0.459. The number of carbonyl (C=O) groups is 1. The van der Waals surface area contributed by atoms with Gasteiger partial charge in [0, 0.05) is 11.8 Å². The van der Waals surface area contributed by atoms with Crippen LogP contribution in [0.15, 0.2) is 60.8 Å². The molecule has 1 N–H and O–H groups in total. The first-order chi connectivity index (χ1) is 15.6. The summed E-state index contributed by atoms with van der Waals surface area (Å²) >= 11 is 0. The zero-order valence-corrected chi connectivity index (χ0v) is 18.2. The number of nitrogens with zero attached hydrogens (tertiary/aromatic N) is 3. The van der Waals surface area contributed by atoms with Gasteiger partial charge in [0.2, 0.25) is 5.75 Å². The molecule has 1 amide bonds. The molecule has 0 aliphatic carbocycles.